The Morgan fingerprint density at radius 2 is 1.75 bits per heavy atom. The first-order valence-corrected chi connectivity index (χ1v) is 7.67. The third kappa shape index (κ3) is 4.04. The van der Waals surface area contributed by atoms with E-state index in [2.05, 4.69) is 21.9 Å². The van der Waals surface area contributed by atoms with Crippen molar-refractivity contribution in [2.24, 2.45) is 0 Å². The Balaban J connectivity index is 2.03. The molecule has 108 valence electrons. The van der Waals surface area contributed by atoms with E-state index in [9.17, 15) is 0 Å². The first-order valence-electron chi connectivity index (χ1n) is 7.29. The SMILES string of the molecule is CCCCCCCCc1nc(N)nc2ccc(Cl)nc12. The normalized spacial score (nSPS) is 11.1. The summed E-state index contributed by atoms with van der Waals surface area (Å²) in [4.78, 5) is 12.8. The molecule has 5 heteroatoms. The number of halogens is 1. The lowest BCUT2D eigenvalue weighted by Gasteiger charge is -2.06. The molecular weight excluding hydrogens is 272 g/mol. The lowest BCUT2D eigenvalue weighted by molar-refractivity contribution is 0.605. The quantitative estimate of drug-likeness (QED) is 0.614. The fourth-order valence-corrected chi connectivity index (χ4v) is 2.46. The second kappa shape index (κ2) is 7.39. The zero-order valence-electron chi connectivity index (χ0n) is 11.9. The summed E-state index contributed by atoms with van der Waals surface area (Å²) in [5.74, 6) is 0.308. The summed E-state index contributed by atoms with van der Waals surface area (Å²) in [5.41, 5.74) is 8.20. The van der Waals surface area contributed by atoms with Gasteiger partial charge in [0.15, 0.2) is 0 Å². The minimum atomic E-state index is 0.308. The number of aryl methyl sites for hydroxylation is 1. The van der Waals surface area contributed by atoms with Crippen molar-refractivity contribution >= 4 is 28.6 Å². The standard InChI is InChI=1S/C15H21ClN4/c1-2-3-4-5-6-7-8-11-14-12(19-15(17)18-11)9-10-13(16)20-14/h9-10H,2-8H2,1H3,(H2,17,18,19). The van der Waals surface area contributed by atoms with Crippen LogP contribution in [0.3, 0.4) is 0 Å². The van der Waals surface area contributed by atoms with Crippen molar-refractivity contribution in [3.63, 3.8) is 0 Å². The van der Waals surface area contributed by atoms with Crippen LogP contribution in [0.15, 0.2) is 12.1 Å². The molecule has 0 aliphatic rings. The van der Waals surface area contributed by atoms with Crippen LogP contribution in [0.4, 0.5) is 5.95 Å². The molecule has 0 aliphatic heterocycles. The Morgan fingerprint density at radius 3 is 2.55 bits per heavy atom. The first-order chi connectivity index (χ1) is 9.70. The number of pyridine rings is 1. The van der Waals surface area contributed by atoms with Crippen molar-refractivity contribution in [2.45, 2.75) is 51.9 Å². The molecule has 0 saturated heterocycles. The molecule has 2 rings (SSSR count). The van der Waals surface area contributed by atoms with Crippen LogP contribution < -0.4 is 5.73 Å². The third-order valence-corrected chi connectivity index (χ3v) is 3.58. The average Bonchev–Trinajstić information content (AvgIpc) is 2.43. The number of nitrogens with zero attached hydrogens (tertiary/aromatic N) is 3. The maximum atomic E-state index is 5.95. The van der Waals surface area contributed by atoms with E-state index in [-0.39, 0.29) is 0 Å². The molecule has 0 fully saturated rings. The second-order valence-electron chi connectivity index (χ2n) is 5.05. The molecule has 0 bridgehead atoms. The van der Waals surface area contributed by atoms with Crippen LogP contribution in [0, 0.1) is 0 Å². The fourth-order valence-electron chi connectivity index (χ4n) is 2.32. The predicted molar refractivity (Wildman–Crippen MR) is 83.8 cm³/mol. The van der Waals surface area contributed by atoms with E-state index in [1.54, 1.807) is 6.07 Å². The molecule has 2 N–H and O–H groups in total. The van der Waals surface area contributed by atoms with Gasteiger partial charge in [0.1, 0.15) is 10.7 Å². The highest BCUT2D eigenvalue weighted by Gasteiger charge is 2.08. The van der Waals surface area contributed by atoms with Crippen molar-refractivity contribution in [1.29, 1.82) is 0 Å². The number of hydrogen-bond donors (Lipinski definition) is 1. The van der Waals surface area contributed by atoms with E-state index in [0.717, 1.165) is 29.6 Å². The Labute approximate surface area is 124 Å². The number of hydrogen-bond acceptors (Lipinski definition) is 4. The molecule has 20 heavy (non-hydrogen) atoms. The van der Waals surface area contributed by atoms with Gasteiger partial charge in [0.25, 0.3) is 0 Å². The van der Waals surface area contributed by atoms with Crippen LogP contribution in [0.25, 0.3) is 11.0 Å². The van der Waals surface area contributed by atoms with Gasteiger partial charge in [-0.1, -0.05) is 50.6 Å². The number of nitrogens with two attached hydrogens (primary N) is 1. The second-order valence-corrected chi connectivity index (χ2v) is 5.44. The number of anilines is 1. The maximum absolute atomic E-state index is 5.95. The largest absolute Gasteiger partial charge is 0.368 e. The van der Waals surface area contributed by atoms with Crippen molar-refractivity contribution in [2.75, 3.05) is 5.73 Å². The van der Waals surface area contributed by atoms with Gasteiger partial charge in [-0.2, -0.15) is 0 Å². The average molecular weight is 293 g/mol. The van der Waals surface area contributed by atoms with Crippen LogP contribution in [-0.4, -0.2) is 15.0 Å². The Kier molecular flexibility index (Phi) is 5.53. The Bertz CT molecular complexity index is 571. The molecule has 2 aromatic heterocycles. The molecule has 2 heterocycles. The summed E-state index contributed by atoms with van der Waals surface area (Å²) in [6, 6.07) is 3.57. The number of nitrogen functional groups attached to an aromatic ring is 1. The predicted octanol–water partition coefficient (Wildman–Crippen LogP) is 4.16. The number of unbranched alkanes of at least 4 members (excludes halogenated alkanes) is 5. The van der Waals surface area contributed by atoms with Gasteiger partial charge in [-0.3, -0.25) is 0 Å². The molecule has 0 amide bonds. The van der Waals surface area contributed by atoms with Crippen molar-refractivity contribution in [1.82, 2.24) is 15.0 Å². The zero-order valence-corrected chi connectivity index (χ0v) is 12.7. The Morgan fingerprint density at radius 1 is 1.00 bits per heavy atom. The van der Waals surface area contributed by atoms with Crippen LogP contribution in [0.1, 0.15) is 51.1 Å². The molecule has 0 aliphatic carbocycles. The number of rotatable bonds is 7. The lowest BCUT2D eigenvalue weighted by Crippen LogP contribution is -2.02. The van der Waals surface area contributed by atoms with Gasteiger partial charge in [-0.25, -0.2) is 15.0 Å². The summed E-state index contributed by atoms with van der Waals surface area (Å²) < 4.78 is 0. The minimum absolute atomic E-state index is 0.308. The minimum Gasteiger partial charge on any atom is -0.368 e. The summed E-state index contributed by atoms with van der Waals surface area (Å²) in [5, 5.41) is 0.468. The monoisotopic (exact) mass is 292 g/mol. The molecule has 0 saturated carbocycles. The van der Waals surface area contributed by atoms with E-state index in [1.807, 2.05) is 6.07 Å². The van der Waals surface area contributed by atoms with Gasteiger partial charge in [0.05, 0.1) is 11.2 Å². The molecule has 0 radical (unpaired) electrons. The molecule has 0 aromatic carbocycles. The van der Waals surface area contributed by atoms with Gasteiger partial charge >= 0.3 is 0 Å². The van der Waals surface area contributed by atoms with Crippen molar-refractivity contribution in [3.05, 3.63) is 23.0 Å². The molecule has 0 atom stereocenters. The van der Waals surface area contributed by atoms with E-state index >= 15 is 0 Å². The topological polar surface area (TPSA) is 64.7 Å². The number of aromatic nitrogens is 3. The maximum Gasteiger partial charge on any atom is 0.220 e. The van der Waals surface area contributed by atoms with Gasteiger partial charge in [-0.15, -0.1) is 0 Å². The van der Waals surface area contributed by atoms with Crippen molar-refractivity contribution < 1.29 is 0 Å². The van der Waals surface area contributed by atoms with Gasteiger partial charge in [0, 0.05) is 0 Å². The van der Waals surface area contributed by atoms with Gasteiger partial charge < -0.3 is 5.73 Å². The molecule has 4 nitrogen and oxygen atoms in total. The lowest BCUT2D eigenvalue weighted by atomic mass is 10.1. The smallest absolute Gasteiger partial charge is 0.220 e. The highest BCUT2D eigenvalue weighted by Crippen LogP contribution is 2.19. The molecule has 2 aromatic rings. The van der Waals surface area contributed by atoms with Crippen LogP contribution in [0.2, 0.25) is 5.15 Å². The van der Waals surface area contributed by atoms with E-state index < -0.39 is 0 Å². The first kappa shape index (κ1) is 15.0. The summed E-state index contributed by atoms with van der Waals surface area (Å²) in [6.07, 6.45) is 8.38. The summed E-state index contributed by atoms with van der Waals surface area (Å²) in [7, 11) is 0. The highest BCUT2D eigenvalue weighted by atomic mass is 35.5. The van der Waals surface area contributed by atoms with Crippen LogP contribution in [-0.2, 0) is 6.42 Å². The van der Waals surface area contributed by atoms with E-state index in [1.165, 1.54) is 32.1 Å². The van der Waals surface area contributed by atoms with E-state index in [4.69, 9.17) is 17.3 Å². The highest BCUT2D eigenvalue weighted by molar-refractivity contribution is 6.29. The van der Waals surface area contributed by atoms with Gasteiger partial charge in [0.2, 0.25) is 5.95 Å². The number of fused-ring (bicyclic) bond motifs is 1. The molecule has 0 spiro atoms. The van der Waals surface area contributed by atoms with Crippen LogP contribution >= 0.6 is 11.6 Å². The summed E-state index contributed by atoms with van der Waals surface area (Å²) in [6.45, 7) is 2.23. The molecular formula is C15H21ClN4. The third-order valence-electron chi connectivity index (χ3n) is 3.36. The van der Waals surface area contributed by atoms with Crippen molar-refractivity contribution in [3.8, 4) is 0 Å². The summed E-state index contributed by atoms with van der Waals surface area (Å²) >= 11 is 5.95. The van der Waals surface area contributed by atoms with E-state index in [0.29, 0.717) is 11.1 Å². The fraction of sp³-hybridized carbons (Fsp3) is 0.533. The Hall–Kier alpha value is -1.42. The van der Waals surface area contributed by atoms with Crippen LogP contribution in [0.5, 0.6) is 0 Å². The van der Waals surface area contributed by atoms with Gasteiger partial charge in [-0.05, 0) is 25.0 Å². The zero-order chi connectivity index (χ0) is 14.4. The molecule has 0 unspecified atom stereocenters.